The Hall–Kier alpha value is -0.530. The molecular weight excluding hydrogens is 348 g/mol. The van der Waals surface area contributed by atoms with E-state index in [-0.39, 0.29) is 5.78 Å². The number of ketones is 1. The topological polar surface area (TPSA) is 63.2 Å². The van der Waals surface area contributed by atoms with Gasteiger partial charge in [-0.3, -0.25) is 4.79 Å². The van der Waals surface area contributed by atoms with Crippen LogP contribution in [-0.4, -0.2) is 66.8 Å². The fourth-order valence-corrected chi connectivity index (χ4v) is 7.78. The molecule has 0 N–H and O–H groups in total. The first-order valence-electron chi connectivity index (χ1n) is 10.9. The zero-order valence-corrected chi connectivity index (χ0v) is 16.1. The van der Waals surface area contributed by atoms with Gasteiger partial charge in [0.1, 0.15) is 16.8 Å². The minimum atomic E-state index is -0.949. The van der Waals surface area contributed by atoms with Crippen LogP contribution < -0.4 is 0 Å². The van der Waals surface area contributed by atoms with Crippen LogP contribution in [-0.2, 0) is 28.5 Å². The zero-order chi connectivity index (χ0) is 18.2. The van der Waals surface area contributed by atoms with Gasteiger partial charge in [0, 0.05) is 33.0 Å². The summed E-state index contributed by atoms with van der Waals surface area (Å²) in [6.45, 7) is 3.23. The van der Waals surface area contributed by atoms with E-state index in [1.165, 1.54) is 0 Å². The van der Waals surface area contributed by atoms with Crippen LogP contribution in [0.3, 0.4) is 0 Å². The molecule has 5 atom stereocenters. The summed E-state index contributed by atoms with van der Waals surface area (Å²) < 4.78 is 32.8. The van der Waals surface area contributed by atoms with Crippen molar-refractivity contribution in [2.24, 2.45) is 0 Å². The highest BCUT2D eigenvalue weighted by Gasteiger charge is 2.88. The molecule has 5 saturated heterocycles. The molecule has 5 spiro atoms. The lowest BCUT2D eigenvalue weighted by Crippen LogP contribution is -2.89. The lowest BCUT2D eigenvalue weighted by Gasteiger charge is -2.67. The number of fused-ring (bicyclic) bond motifs is 4. The predicted octanol–water partition coefficient (Wildman–Crippen LogP) is 2.32. The second-order valence-electron chi connectivity index (χ2n) is 9.22. The maximum Gasteiger partial charge on any atom is 0.202 e. The molecular formula is C21H30O6. The van der Waals surface area contributed by atoms with E-state index in [2.05, 4.69) is 0 Å². The molecule has 6 rings (SSSR count). The number of hydrogen-bond donors (Lipinski definition) is 0. The Morgan fingerprint density at radius 3 is 1.19 bits per heavy atom. The second-order valence-corrected chi connectivity index (χ2v) is 9.22. The summed E-state index contributed by atoms with van der Waals surface area (Å²) in [6, 6.07) is 0. The number of ether oxygens (including phenoxy) is 5. The zero-order valence-electron chi connectivity index (χ0n) is 16.1. The van der Waals surface area contributed by atoms with Gasteiger partial charge >= 0.3 is 0 Å². The van der Waals surface area contributed by atoms with Gasteiger partial charge < -0.3 is 23.7 Å². The summed E-state index contributed by atoms with van der Waals surface area (Å²) in [5.41, 5.74) is -4.04. The third-order valence-electron chi connectivity index (χ3n) is 8.45. The van der Waals surface area contributed by atoms with Crippen molar-refractivity contribution >= 4 is 5.78 Å². The van der Waals surface area contributed by atoms with Gasteiger partial charge in [-0.15, -0.1) is 0 Å². The molecule has 0 radical (unpaired) electrons. The van der Waals surface area contributed by atoms with Gasteiger partial charge in [0.2, 0.25) is 5.78 Å². The first-order chi connectivity index (χ1) is 13.2. The fraction of sp³-hybridized carbons (Fsp3) is 0.952. The monoisotopic (exact) mass is 378 g/mol. The quantitative estimate of drug-likeness (QED) is 0.645. The molecule has 6 heteroatoms. The van der Waals surface area contributed by atoms with E-state index in [9.17, 15) is 4.79 Å². The largest absolute Gasteiger partial charge is 0.369 e. The van der Waals surface area contributed by atoms with Crippen molar-refractivity contribution in [3.8, 4) is 0 Å². The second kappa shape index (κ2) is 5.54. The molecule has 0 aromatic carbocycles. The van der Waals surface area contributed by atoms with Gasteiger partial charge in [-0.2, -0.15) is 0 Å². The van der Waals surface area contributed by atoms with Crippen molar-refractivity contribution in [1.29, 1.82) is 0 Å². The number of rotatable bonds is 0. The third kappa shape index (κ3) is 1.64. The predicted molar refractivity (Wildman–Crippen MR) is 94.6 cm³/mol. The minimum Gasteiger partial charge on any atom is -0.369 e. The fourth-order valence-electron chi connectivity index (χ4n) is 7.78. The van der Waals surface area contributed by atoms with E-state index in [1.54, 1.807) is 0 Å². The molecule has 0 bridgehead atoms. The Balaban J connectivity index is 1.66. The molecule has 6 nitrogen and oxygen atoms in total. The average molecular weight is 378 g/mol. The van der Waals surface area contributed by atoms with Crippen molar-refractivity contribution in [3.05, 3.63) is 0 Å². The Morgan fingerprint density at radius 2 is 0.852 bits per heavy atom. The number of carbonyl (C=O) groups excluding carboxylic acids is 1. The number of Topliss-reactive ketones (excluding diaryl/α,β-unsaturated/α-hetero) is 1. The molecule has 6 aliphatic rings. The first kappa shape index (κ1) is 17.3. The van der Waals surface area contributed by atoms with Gasteiger partial charge in [-0.1, -0.05) is 0 Å². The third-order valence-corrected chi connectivity index (χ3v) is 8.45. The molecule has 6 fully saturated rings. The van der Waals surface area contributed by atoms with Crippen LogP contribution in [0, 0.1) is 0 Å². The highest BCUT2D eigenvalue weighted by atomic mass is 16.6. The standard InChI is InChI=1S/C21H30O6/c22-16-17(6-1-11-23-17)19(8-3-13-25-19)21(10-5-15-27-21)20(9-4-14-26-20)18(16)7-2-12-24-18/h1-15H2/t17-,18-,19-,20+,21?/m0/s1. The Kier molecular flexibility index (Phi) is 3.56. The average Bonchev–Trinajstić information content (AvgIpc) is 3.50. The van der Waals surface area contributed by atoms with Crippen LogP contribution in [0.25, 0.3) is 0 Å². The van der Waals surface area contributed by atoms with Crippen LogP contribution >= 0.6 is 0 Å². The lowest BCUT2D eigenvalue weighted by atomic mass is 9.47. The van der Waals surface area contributed by atoms with Gasteiger partial charge in [0.25, 0.3) is 0 Å². The summed E-state index contributed by atoms with van der Waals surface area (Å²) in [5, 5.41) is 0. The Labute approximate surface area is 160 Å². The molecule has 0 amide bonds. The summed E-state index contributed by atoms with van der Waals surface area (Å²) in [7, 11) is 0. The summed E-state index contributed by atoms with van der Waals surface area (Å²) in [6.07, 6.45) is 8.50. The van der Waals surface area contributed by atoms with Crippen LogP contribution in [0.2, 0.25) is 0 Å². The van der Waals surface area contributed by atoms with Crippen molar-refractivity contribution in [3.63, 3.8) is 0 Å². The summed E-state index contributed by atoms with van der Waals surface area (Å²) in [4.78, 5) is 14.4. The molecule has 27 heavy (non-hydrogen) atoms. The number of hydrogen-bond acceptors (Lipinski definition) is 6. The van der Waals surface area contributed by atoms with Gasteiger partial charge in [-0.25, -0.2) is 0 Å². The van der Waals surface area contributed by atoms with Crippen molar-refractivity contribution in [2.45, 2.75) is 92.2 Å². The van der Waals surface area contributed by atoms with Crippen molar-refractivity contribution < 1.29 is 28.5 Å². The molecule has 0 aromatic heterocycles. The maximum absolute atomic E-state index is 14.4. The lowest BCUT2D eigenvalue weighted by molar-refractivity contribution is -0.353. The highest BCUT2D eigenvalue weighted by Crippen LogP contribution is 2.69. The van der Waals surface area contributed by atoms with E-state index in [0.29, 0.717) is 45.9 Å². The first-order valence-corrected chi connectivity index (χ1v) is 10.9. The Bertz CT molecular complexity index is 579. The normalized spacial score (nSPS) is 54.7. The Morgan fingerprint density at radius 1 is 0.481 bits per heavy atom. The minimum absolute atomic E-state index is 0.0925. The summed E-state index contributed by atoms with van der Waals surface area (Å²) in [5.74, 6) is 0.0925. The molecule has 1 saturated carbocycles. The molecule has 0 aromatic rings. The van der Waals surface area contributed by atoms with Crippen LogP contribution in [0.5, 0.6) is 0 Å². The van der Waals surface area contributed by atoms with Gasteiger partial charge in [0.15, 0.2) is 11.2 Å². The van der Waals surface area contributed by atoms with Gasteiger partial charge in [0.05, 0.1) is 0 Å². The summed E-state index contributed by atoms with van der Waals surface area (Å²) >= 11 is 0. The van der Waals surface area contributed by atoms with Crippen LogP contribution in [0.15, 0.2) is 0 Å². The van der Waals surface area contributed by atoms with Crippen molar-refractivity contribution in [1.82, 2.24) is 0 Å². The van der Waals surface area contributed by atoms with Crippen LogP contribution in [0.1, 0.15) is 64.2 Å². The van der Waals surface area contributed by atoms with E-state index in [0.717, 1.165) is 51.4 Å². The van der Waals surface area contributed by atoms with E-state index in [1.807, 2.05) is 0 Å². The van der Waals surface area contributed by atoms with E-state index < -0.39 is 28.0 Å². The van der Waals surface area contributed by atoms with Crippen LogP contribution in [0.4, 0.5) is 0 Å². The molecule has 1 unspecified atom stereocenters. The molecule has 5 aliphatic heterocycles. The van der Waals surface area contributed by atoms with E-state index in [4.69, 9.17) is 23.7 Å². The highest BCUT2D eigenvalue weighted by molar-refractivity contribution is 6.00. The smallest absolute Gasteiger partial charge is 0.202 e. The molecule has 1 aliphatic carbocycles. The SMILES string of the molecule is O=C1[C@@]2(CCCO2)[C@]2(CCCO2)C2(CCCO2)[C@]2(CCCO2)[C@]12CCCO2. The van der Waals surface area contributed by atoms with Crippen molar-refractivity contribution in [2.75, 3.05) is 33.0 Å². The van der Waals surface area contributed by atoms with Gasteiger partial charge in [-0.05, 0) is 64.2 Å². The molecule has 5 heterocycles. The van der Waals surface area contributed by atoms with E-state index >= 15 is 0 Å². The number of carbonyl (C=O) groups is 1. The maximum atomic E-state index is 14.4. The molecule has 150 valence electrons.